The normalized spacial score (nSPS) is 9.61. The number of carboxylic acids is 1. The number of ether oxygens (including phenoxy) is 1. The van der Waals surface area contributed by atoms with Crippen molar-refractivity contribution in [2.45, 2.75) is 64.7 Å². The van der Waals surface area contributed by atoms with E-state index in [9.17, 15) is 9.59 Å². The Hall–Kier alpha value is 0.511. The summed E-state index contributed by atoms with van der Waals surface area (Å²) in [5.74, 6) is -1.77. The van der Waals surface area contributed by atoms with E-state index in [1.807, 2.05) is 0 Å². The van der Waals surface area contributed by atoms with E-state index in [4.69, 9.17) is 9.84 Å². The van der Waals surface area contributed by atoms with Crippen LogP contribution in [0, 0.1) is 0 Å². The van der Waals surface area contributed by atoms with Crippen LogP contribution in [0.5, 0.6) is 0 Å². The molecule has 0 heterocycles. The SMILES string of the molecule is CCCCCCCCCCOC(=O)CC(=O)O.[Ba+2].[H-].[H-]. The number of rotatable bonds is 11. The number of carbonyl (C=O) groups is 2. The Kier molecular flexibility index (Phi) is 18.0. The minimum absolute atomic E-state index is 0. The van der Waals surface area contributed by atoms with Crippen LogP contribution in [-0.4, -0.2) is 72.5 Å². The zero-order valence-electron chi connectivity index (χ0n) is 13.5. The second-order valence-corrected chi connectivity index (χ2v) is 4.27. The summed E-state index contributed by atoms with van der Waals surface area (Å²) in [6, 6.07) is 0. The summed E-state index contributed by atoms with van der Waals surface area (Å²) in [5, 5.41) is 8.33. The van der Waals surface area contributed by atoms with E-state index in [-0.39, 0.29) is 51.7 Å². The van der Waals surface area contributed by atoms with E-state index in [2.05, 4.69) is 6.92 Å². The van der Waals surface area contributed by atoms with Gasteiger partial charge in [0, 0.05) is 0 Å². The Morgan fingerprint density at radius 2 is 1.50 bits per heavy atom. The molecule has 0 aliphatic rings. The standard InChI is InChI=1S/C13H24O4.Ba.2H/c1-2-3-4-5-6-7-8-9-10-17-13(16)11-12(14)15;;;/h2-11H2,1H3,(H,14,15);;;/q;+2;2*-1. The van der Waals surface area contributed by atoms with Gasteiger partial charge in [-0.25, -0.2) is 0 Å². The average molecular weight is 384 g/mol. The molecule has 104 valence electrons. The number of carbonyl (C=O) groups excluding carboxylic acids is 1. The maximum atomic E-state index is 10.9. The molecular weight excluding hydrogens is 357 g/mol. The number of hydrogen-bond acceptors (Lipinski definition) is 3. The van der Waals surface area contributed by atoms with Gasteiger partial charge in [-0.3, -0.25) is 9.59 Å². The van der Waals surface area contributed by atoms with Crippen molar-refractivity contribution in [1.82, 2.24) is 0 Å². The summed E-state index contributed by atoms with van der Waals surface area (Å²) in [7, 11) is 0. The van der Waals surface area contributed by atoms with Gasteiger partial charge in [-0.2, -0.15) is 0 Å². The molecule has 0 aliphatic carbocycles. The van der Waals surface area contributed by atoms with Crippen molar-refractivity contribution in [3.63, 3.8) is 0 Å². The van der Waals surface area contributed by atoms with Gasteiger partial charge in [-0.15, -0.1) is 0 Å². The van der Waals surface area contributed by atoms with Gasteiger partial charge >= 0.3 is 60.8 Å². The van der Waals surface area contributed by atoms with Crippen LogP contribution in [0.2, 0.25) is 0 Å². The third-order valence-corrected chi connectivity index (χ3v) is 2.56. The molecule has 0 atom stereocenters. The average Bonchev–Trinajstić information content (AvgIpc) is 2.26. The van der Waals surface area contributed by atoms with Gasteiger partial charge < -0.3 is 12.7 Å². The fraction of sp³-hybridized carbons (Fsp3) is 0.846. The van der Waals surface area contributed by atoms with Crippen LogP contribution in [0.15, 0.2) is 0 Å². The molecule has 0 aromatic carbocycles. The molecule has 0 bridgehead atoms. The Labute approximate surface area is 153 Å². The van der Waals surface area contributed by atoms with Gasteiger partial charge in [0.05, 0.1) is 6.61 Å². The summed E-state index contributed by atoms with van der Waals surface area (Å²) in [5.41, 5.74) is 0. The summed E-state index contributed by atoms with van der Waals surface area (Å²) in [6.45, 7) is 2.55. The van der Waals surface area contributed by atoms with Gasteiger partial charge in [0.25, 0.3) is 0 Å². The summed E-state index contributed by atoms with van der Waals surface area (Å²) in [6.07, 6.45) is 8.93. The molecule has 0 unspecified atom stereocenters. The first-order valence-corrected chi connectivity index (χ1v) is 6.54. The van der Waals surface area contributed by atoms with E-state index in [1.54, 1.807) is 0 Å². The maximum Gasteiger partial charge on any atom is 2.00 e. The van der Waals surface area contributed by atoms with Crippen LogP contribution in [-0.2, 0) is 14.3 Å². The van der Waals surface area contributed by atoms with E-state index in [0.29, 0.717) is 6.61 Å². The molecule has 0 amide bonds. The molecule has 0 spiro atoms. The molecule has 0 saturated heterocycles. The zero-order chi connectivity index (χ0) is 12.9. The predicted octanol–water partition coefficient (Wildman–Crippen LogP) is 2.99. The first-order chi connectivity index (χ1) is 8.16. The van der Waals surface area contributed by atoms with Crippen LogP contribution >= 0.6 is 0 Å². The molecule has 0 saturated carbocycles. The van der Waals surface area contributed by atoms with Crippen molar-refractivity contribution in [2.24, 2.45) is 0 Å². The quantitative estimate of drug-likeness (QED) is 0.258. The van der Waals surface area contributed by atoms with E-state index >= 15 is 0 Å². The Bertz CT molecular complexity index is 228. The second kappa shape index (κ2) is 15.6. The van der Waals surface area contributed by atoms with Crippen molar-refractivity contribution < 1.29 is 22.3 Å². The molecule has 0 rings (SSSR count). The van der Waals surface area contributed by atoms with Crippen LogP contribution in [0.3, 0.4) is 0 Å². The molecular formula is C13H26BaO4. The molecule has 5 heteroatoms. The first-order valence-electron chi connectivity index (χ1n) is 6.54. The van der Waals surface area contributed by atoms with Crippen molar-refractivity contribution >= 4 is 60.8 Å². The van der Waals surface area contributed by atoms with Gasteiger partial charge in [0.1, 0.15) is 6.42 Å². The topological polar surface area (TPSA) is 63.6 Å². The van der Waals surface area contributed by atoms with Gasteiger partial charge in [-0.1, -0.05) is 51.9 Å². The summed E-state index contributed by atoms with van der Waals surface area (Å²) < 4.78 is 4.78. The number of esters is 1. The van der Waals surface area contributed by atoms with Crippen LogP contribution in [0.4, 0.5) is 0 Å². The molecule has 4 nitrogen and oxygen atoms in total. The second-order valence-electron chi connectivity index (χ2n) is 4.27. The summed E-state index contributed by atoms with van der Waals surface area (Å²) >= 11 is 0. The molecule has 0 aromatic heterocycles. The largest absolute Gasteiger partial charge is 2.00 e. The Morgan fingerprint density at radius 3 is 2.00 bits per heavy atom. The third kappa shape index (κ3) is 16.5. The van der Waals surface area contributed by atoms with Crippen LogP contribution in [0.25, 0.3) is 0 Å². The minimum atomic E-state index is -1.13. The first kappa shape index (κ1) is 20.8. The minimum Gasteiger partial charge on any atom is -1.00 e. The van der Waals surface area contributed by atoms with Crippen LogP contribution < -0.4 is 0 Å². The smallest absolute Gasteiger partial charge is 1.00 e. The number of hydrogen-bond donors (Lipinski definition) is 1. The molecule has 0 aliphatic heterocycles. The fourth-order valence-corrected chi connectivity index (χ4v) is 1.60. The Morgan fingerprint density at radius 1 is 1.00 bits per heavy atom. The monoisotopic (exact) mass is 384 g/mol. The number of unbranched alkanes of at least 4 members (excludes halogenated alkanes) is 7. The van der Waals surface area contributed by atoms with Crippen molar-refractivity contribution in [3.05, 3.63) is 0 Å². The maximum absolute atomic E-state index is 10.9. The van der Waals surface area contributed by atoms with E-state index in [1.165, 1.54) is 38.5 Å². The predicted molar refractivity (Wildman–Crippen MR) is 73.8 cm³/mol. The van der Waals surface area contributed by atoms with Crippen LogP contribution in [0.1, 0.15) is 67.6 Å². The summed E-state index contributed by atoms with van der Waals surface area (Å²) in [4.78, 5) is 21.0. The van der Waals surface area contributed by atoms with E-state index in [0.717, 1.165) is 12.8 Å². The zero-order valence-corrected chi connectivity index (χ0v) is 15.9. The fourth-order valence-electron chi connectivity index (χ4n) is 1.60. The number of carboxylic acid groups (broad SMARTS) is 1. The molecule has 0 aromatic rings. The van der Waals surface area contributed by atoms with Crippen molar-refractivity contribution in [3.8, 4) is 0 Å². The van der Waals surface area contributed by atoms with Crippen molar-refractivity contribution in [2.75, 3.05) is 6.61 Å². The molecule has 0 radical (unpaired) electrons. The molecule has 18 heavy (non-hydrogen) atoms. The Balaban J connectivity index is -0.000000427. The third-order valence-electron chi connectivity index (χ3n) is 2.56. The number of aliphatic carboxylic acids is 1. The van der Waals surface area contributed by atoms with E-state index < -0.39 is 18.4 Å². The van der Waals surface area contributed by atoms with Crippen molar-refractivity contribution in [1.29, 1.82) is 0 Å². The van der Waals surface area contributed by atoms with Gasteiger partial charge in [0.15, 0.2) is 0 Å². The van der Waals surface area contributed by atoms with Gasteiger partial charge in [-0.05, 0) is 6.42 Å². The molecule has 0 fully saturated rings. The van der Waals surface area contributed by atoms with Gasteiger partial charge in [0.2, 0.25) is 0 Å². The molecule has 1 N–H and O–H groups in total.